The fourth-order valence-electron chi connectivity index (χ4n) is 5.32. The van der Waals surface area contributed by atoms with Gasteiger partial charge in [-0.05, 0) is 64.9 Å². The number of carbonyl (C=O) groups excluding carboxylic acids is 4. The van der Waals surface area contributed by atoms with Gasteiger partial charge in [0.1, 0.15) is 0 Å². The molecule has 2 fully saturated rings. The molecule has 2 amide bonds. The molecule has 1 aromatic rings. The molecule has 4 rings (SSSR count). The number of fused-ring (bicyclic) bond motifs is 1. The van der Waals surface area contributed by atoms with Crippen molar-refractivity contribution in [2.75, 3.05) is 44.6 Å². The van der Waals surface area contributed by atoms with Crippen molar-refractivity contribution in [2.24, 2.45) is 0 Å². The first kappa shape index (κ1) is 26.7. The predicted molar refractivity (Wildman–Crippen MR) is 143 cm³/mol. The largest absolute Gasteiger partial charge is 0.325 e. The molecule has 1 aliphatic carbocycles. The fraction of sp³-hybridized carbons (Fsp3) is 0.448. The van der Waals surface area contributed by atoms with Crippen LogP contribution in [0.1, 0.15) is 66.2 Å². The van der Waals surface area contributed by atoms with Crippen molar-refractivity contribution in [1.29, 1.82) is 0 Å². The first-order valence-corrected chi connectivity index (χ1v) is 13.2. The van der Waals surface area contributed by atoms with Crippen molar-refractivity contribution >= 4 is 29.1 Å². The predicted octanol–water partition coefficient (Wildman–Crippen LogP) is 3.48. The number of likely N-dealkylation sites (tertiary alicyclic amines) is 2. The summed E-state index contributed by atoms with van der Waals surface area (Å²) in [7, 11) is 0. The zero-order valence-corrected chi connectivity index (χ0v) is 21.6. The van der Waals surface area contributed by atoms with Crippen LogP contribution in [0.3, 0.4) is 0 Å². The van der Waals surface area contributed by atoms with Gasteiger partial charge in [-0.2, -0.15) is 0 Å². The SMILES string of the molecule is C=C(NC(=O)CN1CCCCC1)C1=C(/C=C\C)C(=O)c2c(NC(=O)CN3CCCCC3)cccc2C1=O. The maximum absolute atomic E-state index is 13.7. The van der Waals surface area contributed by atoms with Gasteiger partial charge in [0.25, 0.3) is 0 Å². The quantitative estimate of drug-likeness (QED) is 0.563. The number of hydrogen-bond acceptors (Lipinski definition) is 6. The van der Waals surface area contributed by atoms with Gasteiger partial charge in [0.05, 0.1) is 29.9 Å². The van der Waals surface area contributed by atoms with Crippen molar-refractivity contribution in [3.63, 3.8) is 0 Å². The van der Waals surface area contributed by atoms with Crippen molar-refractivity contribution in [1.82, 2.24) is 15.1 Å². The maximum atomic E-state index is 13.7. The van der Waals surface area contributed by atoms with Crippen LogP contribution in [-0.2, 0) is 9.59 Å². The van der Waals surface area contributed by atoms with Crippen molar-refractivity contribution in [3.05, 3.63) is 64.9 Å². The molecule has 37 heavy (non-hydrogen) atoms. The van der Waals surface area contributed by atoms with E-state index < -0.39 is 5.78 Å². The van der Waals surface area contributed by atoms with E-state index in [2.05, 4.69) is 27.0 Å². The molecular formula is C29H36N4O4. The molecule has 2 saturated heterocycles. The van der Waals surface area contributed by atoms with Crippen LogP contribution in [0.2, 0.25) is 0 Å². The second-order valence-corrected chi connectivity index (χ2v) is 9.92. The van der Waals surface area contributed by atoms with Crippen molar-refractivity contribution in [3.8, 4) is 0 Å². The number of hydrogen-bond donors (Lipinski definition) is 2. The maximum Gasteiger partial charge on any atom is 0.238 e. The van der Waals surface area contributed by atoms with Crippen molar-refractivity contribution in [2.45, 2.75) is 45.4 Å². The number of ketones is 2. The van der Waals surface area contributed by atoms with E-state index in [4.69, 9.17) is 0 Å². The Balaban J connectivity index is 1.55. The van der Waals surface area contributed by atoms with Crippen LogP contribution in [0.25, 0.3) is 0 Å². The molecule has 0 saturated carbocycles. The molecule has 0 unspecified atom stereocenters. The average molecular weight is 505 g/mol. The van der Waals surface area contributed by atoms with E-state index in [1.54, 1.807) is 37.3 Å². The van der Waals surface area contributed by atoms with Gasteiger partial charge < -0.3 is 10.6 Å². The summed E-state index contributed by atoms with van der Waals surface area (Å²) >= 11 is 0. The number of benzene rings is 1. The summed E-state index contributed by atoms with van der Waals surface area (Å²) in [4.78, 5) is 57.0. The standard InChI is InChI=1S/C29H36N4O4/c1-3-11-21-26(20(2)30-24(34)18-32-14-6-4-7-15-32)28(36)22-12-10-13-23(27(22)29(21)37)31-25(35)19-33-16-8-5-9-17-33/h3,10-13H,2,4-9,14-19H2,1H3,(H,30,34)(H,31,35)/b11-3-. The summed E-state index contributed by atoms with van der Waals surface area (Å²) in [6.45, 7) is 9.64. The molecule has 1 aromatic carbocycles. The van der Waals surface area contributed by atoms with Crippen LogP contribution >= 0.6 is 0 Å². The molecular weight excluding hydrogens is 468 g/mol. The molecule has 0 spiro atoms. The van der Waals surface area contributed by atoms with Crippen LogP contribution in [0.4, 0.5) is 5.69 Å². The summed E-state index contributed by atoms with van der Waals surface area (Å²) in [5, 5.41) is 5.60. The Morgan fingerprint density at radius 1 is 0.892 bits per heavy atom. The molecule has 8 nitrogen and oxygen atoms in total. The summed E-state index contributed by atoms with van der Waals surface area (Å²) in [6, 6.07) is 4.87. The van der Waals surface area contributed by atoms with Crippen molar-refractivity contribution < 1.29 is 19.2 Å². The monoisotopic (exact) mass is 504 g/mol. The van der Waals surface area contributed by atoms with Gasteiger partial charge in [0.15, 0.2) is 11.6 Å². The number of nitrogens with one attached hydrogen (secondary N) is 2. The molecule has 8 heteroatoms. The van der Waals surface area contributed by atoms with Gasteiger partial charge >= 0.3 is 0 Å². The number of allylic oxidation sites excluding steroid dienone is 4. The van der Waals surface area contributed by atoms with Gasteiger partial charge in [-0.15, -0.1) is 0 Å². The minimum atomic E-state index is -0.405. The molecule has 196 valence electrons. The highest BCUT2D eigenvalue weighted by Gasteiger charge is 2.35. The van der Waals surface area contributed by atoms with E-state index in [0.29, 0.717) is 5.69 Å². The van der Waals surface area contributed by atoms with E-state index >= 15 is 0 Å². The van der Waals surface area contributed by atoms with E-state index in [9.17, 15) is 19.2 Å². The number of piperidine rings is 2. The Hall–Kier alpha value is -3.36. The van der Waals surface area contributed by atoms with Gasteiger partial charge in [-0.25, -0.2) is 0 Å². The third kappa shape index (κ3) is 6.32. The summed E-state index contributed by atoms with van der Waals surface area (Å²) in [5.41, 5.74) is 1.02. The lowest BCUT2D eigenvalue weighted by molar-refractivity contribution is -0.121. The molecule has 2 N–H and O–H groups in total. The lowest BCUT2D eigenvalue weighted by Gasteiger charge is -2.27. The van der Waals surface area contributed by atoms with Gasteiger partial charge in [0.2, 0.25) is 11.8 Å². The molecule has 2 aliphatic heterocycles. The third-order valence-electron chi connectivity index (χ3n) is 7.11. The fourth-order valence-corrected chi connectivity index (χ4v) is 5.32. The van der Waals surface area contributed by atoms with Gasteiger partial charge in [-0.3, -0.25) is 29.0 Å². The van der Waals surface area contributed by atoms with E-state index in [-0.39, 0.29) is 58.7 Å². The summed E-state index contributed by atoms with van der Waals surface area (Å²) < 4.78 is 0. The molecule has 2 heterocycles. The van der Waals surface area contributed by atoms with Gasteiger partial charge in [0, 0.05) is 16.8 Å². The third-order valence-corrected chi connectivity index (χ3v) is 7.11. The highest BCUT2D eigenvalue weighted by Crippen LogP contribution is 2.34. The van der Waals surface area contributed by atoms with Gasteiger partial charge in [-0.1, -0.05) is 43.7 Å². The highest BCUT2D eigenvalue weighted by atomic mass is 16.2. The zero-order valence-electron chi connectivity index (χ0n) is 21.6. The Kier molecular flexibility index (Phi) is 8.84. The lowest BCUT2D eigenvalue weighted by Crippen LogP contribution is -2.40. The molecule has 3 aliphatic rings. The number of anilines is 1. The number of Topliss-reactive ketones (excluding diaryl/α,β-unsaturated/α-hetero) is 2. The smallest absolute Gasteiger partial charge is 0.238 e. The number of carbonyl (C=O) groups is 4. The Bertz CT molecular complexity index is 1150. The first-order valence-electron chi connectivity index (χ1n) is 13.2. The Morgan fingerprint density at radius 2 is 1.49 bits per heavy atom. The second-order valence-electron chi connectivity index (χ2n) is 9.92. The number of nitrogens with zero attached hydrogens (tertiary/aromatic N) is 2. The molecule has 0 radical (unpaired) electrons. The topological polar surface area (TPSA) is 98.8 Å². The second kappa shape index (κ2) is 12.3. The molecule has 0 bridgehead atoms. The van der Waals surface area contributed by atoms with E-state index in [0.717, 1.165) is 51.9 Å². The Labute approximate surface area is 218 Å². The van der Waals surface area contributed by atoms with Crippen LogP contribution in [-0.4, -0.2) is 72.4 Å². The van der Waals surface area contributed by atoms with Crippen LogP contribution < -0.4 is 10.6 Å². The highest BCUT2D eigenvalue weighted by molar-refractivity contribution is 6.31. The number of rotatable bonds is 8. The minimum Gasteiger partial charge on any atom is -0.325 e. The summed E-state index contributed by atoms with van der Waals surface area (Å²) in [6.07, 6.45) is 9.84. The molecule has 0 aromatic heterocycles. The average Bonchev–Trinajstić information content (AvgIpc) is 2.88. The van der Waals surface area contributed by atoms with Crippen LogP contribution in [0.5, 0.6) is 0 Å². The summed E-state index contributed by atoms with van der Waals surface area (Å²) in [5.74, 6) is -1.27. The minimum absolute atomic E-state index is 0.0828. The molecule has 0 atom stereocenters. The van der Waals surface area contributed by atoms with Crippen LogP contribution in [0, 0.1) is 0 Å². The number of amides is 2. The van der Waals surface area contributed by atoms with Crippen LogP contribution in [0.15, 0.2) is 53.8 Å². The Morgan fingerprint density at radius 3 is 2.08 bits per heavy atom. The van der Waals surface area contributed by atoms with E-state index in [1.165, 1.54) is 12.8 Å². The zero-order chi connectivity index (χ0) is 26.4. The normalized spacial score (nSPS) is 19.2. The lowest BCUT2D eigenvalue weighted by atomic mass is 9.81. The first-order chi connectivity index (χ1) is 17.9. The van der Waals surface area contributed by atoms with E-state index in [1.807, 2.05) is 0 Å².